The van der Waals surface area contributed by atoms with Gasteiger partial charge < -0.3 is 15.2 Å². The molecule has 23 heavy (non-hydrogen) atoms. The van der Waals surface area contributed by atoms with Crippen LogP contribution in [0.25, 0.3) is 0 Å². The fourth-order valence-electron chi connectivity index (χ4n) is 2.18. The predicted molar refractivity (Wildman–Crippen MR) is 81.1 cm³/mol. The second kappa shape index (κ2) is 6.44. The number of nitrogens with zero attached hydrogens (tertiary/aromatic N) is 5. The van der Waals surface area contributed by atoms with Crippen molar-refractivity contribution in [2.45, 2.75) is 12.6 Å². The second-order valence-electron chi connectivity index (χ2n) is 4.83. The zero-order valence-electron chi connectivity index (χ0n) is 12.8. The first-order chi connectivity index (χ1) is 11.2. The average molecular weight is 315 g/mol. The lowest BCUT2D eigenvalue weighted by atomic mass is 10.1. The zero-order chi connectivity index (χ0) is 16.2. The van der Waals surface area contributed by atoms with Crippen LogP contribution in [-0.2, 0) is 6.54 Å². The average Bonchev–Trinajstić information content (AvgIpc) is 3.26. The quantitative estimate of drug-likeness (QED) is 0.680. The summed E-state index contributed by atoms with van der Waals surface area (Å²) in [4.78, 5) is 8.29. The van der Waals surface area contributed by atoms with Gasteiger partial charge in [0.25, 0.3) is 0 Å². The van der Waals surface area contributed by atoms with Gasteiger partial charge in [0.1, 0.15) is 25.0 Å². The molecule has 0 spiro atoms. The van der Waals surface area contributed by atoms with Gasteiger partial charge in [-0.25, -0.2) is 14.6 Å². The van der Waals surface area contributed by atoms with Gasteiger partial charge in [0, 0.05) is 0 Å². The lowest BCUT2D eigenvalue weighted by molar-refractivity contribution is 0.354. The fourth-order valence-corrected chi connectivity index (χ4v) is 2.18. The lowest BCUT2D eigenvalue weighted by Gasteiger charge is -2.12. The molecule has 1 aromatic carbocycles. The van der Waals surface area contributed by atoms with Crippen LogP contribution in [0.1, 0.15) is 23.3 Å². The highest BCUT2D eigenvalue weighted by molar-refractivity contribution is 5.44. The van der Waals surface area contributed by atoms with E-state index >= 15 is 0 Å². The third-order valence-electron chi connectivity index (χ3n) is 3.37. The number of nitrogens with two attached hydrogens (primary N) is 1. The first-order valence-corrected chi connectivity index (χ1v) is 6.92. The Kier molecular flexibility index (Phi) is 4.20. The molecular formula is C14H17N7O2. The molecular weight excluding hydrogens is 298 g/mol. The van der Waals surface area contributed by atoms with E-state index in [0.29, 0.717) is 29.7 Å². The van der Waals surface area contributed by atoms with Crippen LogP contribution >= 0.6 is 0 Å². The molecule has 9 nitrogen and oxygen atoms in total. The summed E-state index contributed by atoms with van der Waals surface area (Å²) < 4.78 is 12.2. The highest BCUT2D eigenvalue weighted by atomic mass is 16.5. The highest BCUT2D eigenvalue weighted by Crippen LogP contribution is 2.30. The molecule has 0 aliphatic rings. The first kappa shape index (κ1) is 15.0. The van der Waals surface area contributed by atoms with Crippen molar-refractivity contribution in [3.05, 3.63) is 48.1 Å². The van der Waals surface area contributed by atoms with Gasteiger partial charge in [0.15, 0.2) is 17.3 Å². The van der Waals surface area contributed by atoms with Crippen LogP contribution in [0.3, 0.4) is 0 Å². The van der Waals surface area contributed by atoms with E-state index in [2.05, 4.69) is 25.3 Å². The van der Waals surface area contributed by atoms with E-state index < -0.39 is 6.04 Å². The number of H-pyrrole nitrogens is 1. The molecule has 3 rings (SSSR count). The first-order valence-electron chi connectivity index (χ1n) is 6.92. The molecule has 0 fully saturated rings. The van der Waals surface area contributed by atoms with Crippen molar-refractivity contribution in [3.63, 3.8) is 0 Å². The molecule has 0 aliphatic heterocycles. The molecule has 0 saturated heterocycles. The topological polar surface area (TPSA) is 117 Å². The molecule has 2 aromatic heterocycles. The van der Waals surface area contributed by atoms with Crippen LogP contribution in [0.2, 0.25) is 0 Å². The van der Waals surface area contributed by atoms with E-state index in [1.165, 1.54) is 6.33 Å². The molecule has 0 aliphatic carbocycles. The summed E-state index contributed by atoms with van der Waals surface area (Å²) in [5, 5.41) is 11.1. The maximum Gasteiger partial charge on any atom is 0.171 e. The van der Waals surface area contributed by atoms with Crippen LogP contribution in [-0.4, -0.2) is 44.2 Å². The van der Waals surface area contributed by atoms with Crippen LogP contribution in [0.15, 0.2) is 30.9 Å². The van der Waals surface area contributed by atoms with Gasteiger partial charge >= 0.3 is 0 Å². The molecule has 2 heterocycles. The minimum atomic E-state index is -0.476. The molecule has 0 amide bonds. The van der Waals surface area contributed by atoms with E-state index in [4.69, 9.17) is 15.2 Å². The number of aromatic nitrogens is 6. The van der Waals surface area contributed by atoms with Crippen molar-refractivity contribution in [1.29, 1.82) is 0 Å². The Bertz CT molecular complexity index is 769. The normalized spacial score (nSPS) is 12.1. The van der Waals surface area contributed by atoms with Crippen molar-refractivity contribution >= 4 is 0 Å². The molecule has 9 heteroatoms. The van der Waals surface area contributed by atoms with Gasteiger partial charge in [-0.3, -0.25) is 5.10 Å². The number of benzene rings is 1. The number of ether oxygens (including phenoxy) is 2. The summed E-state index contributed by atoms with van der Waals surface area (Å²) in [6.07, 6.45) is 3.07. The van der Waals surface area contributed by atoms with Gasteiger partial charge in [0.2, 0.25) is 0 Å². The van der Waals surface area contributed by atoms with Crippen LogP contribution in [0.4, 0.5) is 0 Å². The highest BCUT2D eigenvalue weighted by Gasteiger charge is 2.17. The molecule has 0 saturated carbocycles. The zero-order valence-corrected chi connectivity index (χ0v) is 12.8. The van der Waals surface area contributed by atoms with Crippen molar-refractivity contribution in [3.8, 4) is 11.5 Å². The summed E-state index contributed by atoms with van der Waals surface area (Å²) in [5.41, 5.74) is 7.07. The second-order valence-corrected chi connectivity index (χ2v) is 4.83. The van der Waals surface area contributed by atoms with Gasteiger partial charge in [-0.1, -0.05) is 6.07 Å². The molecule has 3 N–H and O–H groups in total. The fraction of sp³-hybridized carbons (Fsp3) is 0.286. The number of methoxy groups -OCH3 is 2. The van der Waals surface area contributed by atoms with Gasteiger partial charge in [0.05, 0.1) is 20.3 Å². The maximum absolute atomic E-state index is 6.24. The molecule has 1 unspecified atom stereocenters. The van der Waals surface area contributed by atoms with Crippen LogP contribution in [0, 0.1) is 0 Å². The Hall–Kier alpha value is -2.94. The third-order valence-corrected chi connectivity index (χ3v) is 3.37. The van der Waals surface area contributed by atoms with E-state index in [1.807, 2.05) is 12.1 Å². The Morgan fingerprint density at radius 2 is 2.09 bits per heavy atom. The van der Waals surface area contributed by atoms with Crippen LogP contribution < -0.4 is 15.2 Å². The number of nitrogens with one attached hydrogen (secondary N) is 1. The van der Waals surface area contributed by atoms with E-state index in [0.717, 1.165) is 5.56 Å². The van der Waals surface area contributed by atoms with Crippen molar-refractivity contribution in [1.82, 2.24) is 29.9 Å². The minimum Gasteiger partial charge on any atom is -0.493 e. The lowest BCUT2D eigenvalue weighted by Crippen LogP contribution is -2.14. The summed E-state index contributed by atoms with van der Waals surface area (Å²) in [6.45, 7) is 0.450. The molecule has 0 bridgehead atoms. The van der Waals surface area contributed by atoms with Gasteiger partial charge in [-0.05, 0) is 17.7 Å². The van der Waals surface area contributed by atoms with Crippen molar-refractivity contribution < 1.29 is 9.47 Å². The Morgan fingerprint density at radius 3 is 2.78 bits per heavy atom. The van der Waals surface area contributed by atoms with Gasteiger partial charge in [-0.2, -0.15) is 10.2 Å². The van der Waals surface area contributed by atoms with E-state index in [-0.39, 0.29) is 0 Å². The molecule has 0 radical (unpaired) electrons. The molecule has 120 valence electrons. The SMILES string of the molecule is COc1ccc(C(N)c2n[nH]c(Cn3cncn3)n2)cc1OC. The van der Waals surface area contributed by atoms with Crippen molar-refractivity contribution in [2.75, 3.05) is 14.2 Å². The summed E-state index contributed by atoms with van der Waals surface area (Å²) >= 11 is 0. The summed E-state index contributed by atoms with van der Waals surface area (Å²) in [6, 6.07) is 5.00. The minimum absolute atomic E-state index is 0.450. The number of hydrogen-bond donors (Lipinski definition) is 2. The largest absolute Gasteiger partial charge is 0.493 e. The van der Waals surface area contributed by atoms with Gasteiger partial charge in [-0.15, -0.1) is 0 Å². The summed E-state index contributed by atoms with van der Waals surface area (Å²) in [5.74, 6) is 2.40. The Morgan fingerprint density at radius 1 is 1.26 bits per heavy atom. The summed E-state index contributed by atoms with van der Waals surface area (Å²) in [7, 11) is 3.17. The number of rotatable bonds is 6. The predicted octanol–water partition coefficient (Wildman–Crippen LogP) is 0.510. The Balaban J connectivity index is 1.80. The number of aromatic amines is 1. The van der Waals surface area contributed by atoms with Crippen LogP contribution in [0.5, 0.6) is 11.5 Å². The van der Waals surface area contributed by atoms with Crippen molar-refractivity contribution in [2.24, 2.45) is 5.73 Å². The standard InChI is InChI=1S/C14H17N7O2/c1-22-10-4-3-9(5-11(10)23-2)13(15)14-18-12(19-20-14)6-21-8-16-7-17-21/h3-5,7-8,13H,6,15H2,1-2H3,(H,18,19,20). The monoisotopic (exact) mass is 315 g/mol. The van der Waals surface area contributed by atoms with E-state index in [9.17, 15) is 0 Å². The van der Waals surface area contributed by atoms with E-state index in [1.54, 1.807) is 31.3 Å². The molecule has 1 atom stereocenters. The smallest absolute Gasteiger partial charge is 0.171 e. The third kappa shape index (κ3) is 3.14. The number of hydrogen-bond acceptors (Lipinski definition) is 7. The molecule has 3 aromatic rings. The maximum atomic E-state index is 6.24. The Labute approximate surface area is 132 Å².